The summed E-state index contributed by atoms with van der Waals surface area (Å²) >= 11 is 0. The second-order valence-corrected chi connectivity index (χ2v) is 16.1. The van der Waals surface area contributed by atoms with Gasteiger partial charge in [0.2, 0.25) is 0 Å². The van der Waals surface area contributed by atoms with E-state index in [4.69, 9.17) is 15.0 Å². The van der Waals surface area contributed by atoms with E-state index >= 15 is 0 Å². The molecule has 0 N–H and O–H groups in total. The third-order valence-electron chi connectivity index (χ3n) is 12.1. The normalized spacial score (nSPS) is 12.7. The van der Waals surface area contributed by atoms with Crippen LogP contribution in [0.2, 0.25) is 0 Å². The van der Waals surface area contributed by atoms with Gasteiger partial charge in [0, 0.05) is 38.4 Å². The number of hydrogen-bond donors (Lipinski definition) is 0. The van der Waals surface area contributed by atoms with E-state index in [0.29, 0.717) is 0 Å². The maximum Gasteiger partial charge on any atom is 0.0972 e. The van der Waals surface area contributed by atoms with Gasteiger partial charge in [0.25, 0.3) is 0 Å². The molecule has 0 atom stereocenters. The standard InChI is InChI=1S/C56H39N3/c1-56(2)48-22-10-9-21-46(48)47-28-25-42(33-49(47)56)40-17-11-19-43(31-40)50-29-26-38-23-24-39-27-30-51(59-55(39)54(38)58-50)44-20-12-18-41(32-44)45-34-52(36-13-5-3-6-14-36)57-53(35-45)37-15-7-4-8-16-37/h3-35H,1-2H3. The average molecular weight is 754 g/mol. The first kappa shape index (κ1) is 34.7. The van der Waals surface area contributed by atoms with E-state index < -0.39 is 0 Å². The second-order valence-electron chi connectivity index (χ2n) is 16.1. The minimum atomic E-state index is -0.0511. The molecule has 0 amide bonds. The van der Waals surface area contributed by atoms with Crippen molar-refractivity contribution in [2.75, 3.05) is 0 Å². The molecule has 0 aliphatic heterocycles. The molecule has 1 aliphatic rings. The summed E-state index contributed by atoms with van der Waals surface area (Å²) in [5.74, 6) is 0. The summed E-state index contributed by atoms with van der Waals surface area (Å²) < 4.78 is 0. The third-order valence-corrected chi connectivity index (χ3v) is 12.1. The number of benzene rings is 7. The van der Waals surface area contributed by atoms with Gasteiger partial charge in [-0.25, -0.2) is 15.0 Å². The molecular formula is C56H39N3. The van der Waals surface area contributed by atoms with Crippen LogP contribution >= 0.6 is 0 Å². The van der Waals surface area contributed by atoms with Gasteiger partial charge < -0.3 is 0 Å². The van der Waals surface area contributed by atoms with Gasteiger partial charge in [0.05, 0.1) is 33.8 Å². The molecule has 3 aromatic heterocycles. The average Bonchev–Trinajstić information content (AvgIpc) is 3.54. The minimum Gasteiger partial charge on any atom is -0.248 e. The maximum atomic E-state index is 5.33. The Morgan fingerprint density at radius 3 is 1.34 bits per heavy atom. The van der Waals surface area contributed by atoms with Gasteiger partial charge in [-0.1, -0.05) is 172 Å². The topological polar surface area (TPSA) is 38.7 Å². The van der Waals surface area contributed by atoms with Crippen LogP contribution in [-0.4, -0.2) is 15.0 Å². The fraction of sp³-hybridized carbons (Fsp3) is 0.0536. The van der Waals surface area contributed by atoms with Gasteiger partial charge in [-0.3, -0.25) is 0 Å². The first-order chi connectivity index (χ1) is 29.0. The highest BCUT2D eigenvalue weighted by molar-refractivity contribution is 6.04. The van der Waals surface area contributed by atoms with Gasteiger partial charge in [-0.15, -0.1) is 0 Å². The van der Waals surface area contributed by atoms with E-state index in [9.17, 15) is 0 Å². The van der Waals surface area contributed by atoms with E-state index in [1.165, 1.54) is 33.4 Å². The van der Waals surface area contributed by atoms with E-state index in [1.807, 2.05) is 12.1 Å². The highest BCUT2D eigenvalue weighted by Crippen LogP contribution is 2.49. The first-order valence-electron chi connectivity index (χ1n) is 20.3. The molecule has 0 unspecified atom stereocenters. The molecule has 0 saturated carbocycles. The number of aromatic nitrogens is 3. The first-order valence-corrected chi connectivity index (χ1v) is 20.3. The number of nitrogens with zero attached hydrogens (tertiary/aromatic N) is 3. The Morgan fingerprint density at radius 1 is 0.288 bits per heavy atom. The molecule has 0 fully saturated rings. The van der Waals surface area contributed by atoms with Crippen molar-refractivity contribution >= 4 is 21.8 Å². The van der Waals surface area contributed by atoms with Crippen LogP contribution in [0.15, 0.2) is 200 Å². The molecule has 10 aromatic rings. The zero-order chi connectivity index (χ0) is 39.5. The number of fused-ring (bicyclic) bond motifs is 6. The van der Waals surface area contributed by atoms with Crippen LogP contribution in [0.3, 0.4) is 0 Å². The van der Waals surface area contributed by atoms with E-state index in [2.05, 4.69) is 202 Å². The lowest BCUT2D eigenvalue weighted by Gasteiger charge is -2.22. The van der Waals surface area contributed by atoms with Crippen molar-refractivity contribution in [2.45, 2.75) is 19.3 Å². The lowest BCUT2D eigenvalue weighted by molar-refractivity contribution is 0.660. The molecule has 11 rings (SSSR count). The van der Waals surface area contributed by atoms with Gasteiger partial charge in [0.1, 0.15) is 0 Å². The second kappa shape index (κ2) is 13.9. The van der Waals surface area contributed by atoms with Crippen molar-refractivity contribution < 1.29 is 0 Å². The summed E-state index contributed by atoms with van der Waals surface area (Å²) in [6, 6.07) is 71.2. The van der Waals surface area contributed by atoms with Gasteiger partial charge in [0.15, 0.2) is 0 Å². The van der Waals surface area contributed by atoms with E-state index in [0.717, 1.165) is 78.0 Å². The summed E-state index contributed by atoms with van der Waals surface area (Å²) in [6.07, 6.45) is 0. The molecule has 3 nitrogen and oxygen atoms in total. The molecule has 0 bridgehead atoms. The van der Waals surface area contributed by atoms with Crippen molar-refractivity contribution in [3.63, 3.8) is 0 Å². The fourth-order valence-electron chi connectivity index (χ4n) is 8.90. The highest BCUT2D eigenvalue weighted by Gasteiger charge is 2.35. The zero-order valence-corrected chi connectivity index (χ0v) is 32.9. The van der Waals surface area contributed by atoms with Crippen molar-refractivity contribution in [3.05, 3.63) is 211 Å². The molecular weight excluding hydrogens is 715 g/mol. The lowest BCUT2D eigenvalue weighted by Crippen LogP contribution is -2.14. The number of pyridine rings is 3. The molecule has 0 spiro atoms. The van der Waals surface area contributed by atoms with Crippen LogP contribution in [0.5, 0.6) is 0 Å². The van der Waals surface area contributed by atoms with Crippen molar-refractivity contribution in [1.29, 1.82) is 0 Å². The van der Waals surface area contributed by atoms with Crippen LogP contribution in [0.25, 0.3) is 100 Å². The molecule has 3 heterocycles. The molecule has 0 saturated heterocycles. The molecule has 278 valence electrons. The Balaban J connectivity index is 0.965. The monoisotopic (exact) mass is 753 g/mol. The molecule has 0 radical (unpaired) electrons. The van der Waals surface area contributed by atoms with Gasteiger partial charge >= 0.3 is 0 Å². The summed E-state index contributed by atoms with van der Waals surface area (Å²) in [5.41, 5.74) is 19.8. The Hall–Kier alpha value is -7.49. The SMILES string of the molecule is CC1(C)c2ccccc2-c2ccc(-c3cccc(-c4ccc5ccc6ccc(-c7cccc(-c8cc(-c9ccccc9)nc(-c9ccccc9)c8)c7)nc6c5n4)c3)cc21. The van der Waals surface area contributed by atoms with E-state index in [-0.39, 0.29) is 5.41 Å². The summed E-state index contributed by atoms with van der Waals surface area (Å²) in [4.78, 5) is 15.7. The van der Waals surface area contributed by atoms with Crippen LogP contribution in [-0.2, 0) is 5.41 Å². The van der Waals surface area contributed by atoms with Crippen molar-refractivity contribution in [2.24, 2.45) is 0 Å². The summed E-state index contributed by atoms with van der Waals surface area (Å²) in [7, 11) is 0. The quantitative estimate of drug-likeness (QED) is 0.159. The molecule has 7 aromatic carbocycles. The Morgan fingerprint density at radius 2 is 0.746 bits per heavy atom. The van der Waals surface area contributed by atoms with E-state index in [1.54, 1.807) is 0 Å². The Labute approximate surface area is 344 Å². The van der Waals surface area contributed by atoms with Gasteiger partial charge in [-0.05, 0) is 87.0 Å². The smallest absolute Gasteiger partial charge is 0.0972 e. The largest absolute Gasteiger partial charge is 0.248 e. The van der Waals surface area contributed by atoms with Crippen molar-refractivity contribution in [1.82, 2.24) is 15.0 Å². The summed E-state index contributed by atoms with van der Waals surface area (Å²) in [6.45, 7) is 4.67. The van der Waals surface area contributed by atoms with Gasteiger partial charge in [-0.2, -0.15) is 0 Å². The predicted molar refractivity (Wildman–Crippen MR) is 245 cm³/mol. The minimum absolute atomic E-state index is 0.0511. The molecule has 1 aliphatic carbocycles. The van der Waals surface area contributed by atoms with Crippen LogP contribution in [0, 0.1) is 0 Å². The highest BCUT2D eigenvalue weighted by atomic mass is 14.8. The fourth-order valence-corrected chi connectivity index (χ4v) is 8.90. The van der Waals surface area contributed by atoms with Crippen LogP contribution in [0.1, 0.15) is 25.0 Å². The number of rotatable bonds is 6. The Kier molecular flexibility index (Phi) is 8.16. The predicted octanol–water partition coefficient (Wildman–Crippen LogP) is 14.5. The number of hydrogen-bond acceptors (Lipinski definition) is 3. The zero-order valence-electron chi connectivity index (χ0n) is 32.9. The maximum absolute atomic E-state index is 5.33. The molecule has 3 heteroatoms. The Bertz CT molecular complexity index is 3180. The van der Waals surface area contributed by atoms with Crippen LogP contribution in [0.4, 0.5) is 0 Å². The summed E-state index contributed by atoms with van der Waals surface area (Å²) in [5, 5.41) is 2.13. The lowest BCUT2D eigenvalue weighted by atomic mass is 9.81. The van der Waals surface area contributed by atoms with Crippen molar-refractivity contribution in [3.8, 4) is 78.4 Å². The third kappa shape index (κ3) is 6.11. The molecule has 59 heavy (non-hydrogen) atoms. The van der Waals surface area contributed by atoms with Crippen LogP contribution < -0.4 is 0 Å².